The van der Waals surface area contributed by atoms with Crippen LogP contribution in [0.3, 0.4) is 0 Å². The van der Waals surface area contributed by atoms with Crippen molar-refractivity contribution >= 4 is 12.2 Å². The number of nitrogens with zero attached hydrogens (tertiary/aromatic N) is 4. The largest absolute Gasteiger partial charge is 0.343 e. The molecule has 0 N–H and O–H groups in total. The third-order valence-corrected chi connectivity index (χ3v) is 3.09. The Bertz CT molecular complexity index is 359. The molecule has 1 aliphatic rings. The molecular weight excluding hydrogens is 216 g/mol. The van der Waals surface area contributed by atoms with Crippen molar-refractivity contribution in [1.29, 1.82) is 0 Å². The van der Waals surface area contributed by atoms with Gasteiger partial charge in [-0.15, -0.1) is 0 Å². The topological polar surface area (TPSA) is 49.3 Å². The maximum absolute atomic E-state index is 10.5. The van der Waals surface area contributed by atoms with Gasteiger partial charge < -0.3 is 9.80 Å². The molecule has 0 bridgehead atoms. The smallest absolute Gasteiger partial charge is 0.225 e. The molecule has 5 heteroatoms. The lowest BCUT2D eigenvalue weighted by Gasteiger charge is -2.21. The van der Waals surface area contributed by atoms with Gasteiger partial charge in [0.1, 0.15) is 0 Å². The van der Waals surface area contributed by atoms with E-state index in [-0.39, 0.29) is 0 Å². The molecule has 1 aromatic heterocycles. The van der Waals surface area contributed by atoms with Crippen molar-refractivity contribution in [2.45, 2.75) is 12.8 Å². The van der Waals surface area contributed by atoms with Gasteiger partial charge in [0.2, 0.25) is 5.95 Å². The highest BCUT2D eigenvalue weighted by Gasteiger charge is 2.12. The molecule has 0 saturated carbocycles. The van der Waals surface area contributed by atoms with Crippen molar-refractivity contribution in [3.05, 3.63) is 18.0 Å². The summed E-state index contributed by atoms with van der Waals surface area (Å²) in [6.45, 7) is 4.38. The number of likely N-dealkylation sites (tertiary alicyclic amines) is 1. The zero-order valence-electron chi connectivity index (χ0n) is 10.2. The molecule has 0 aromatic carbocycles. The van der Waals surface area contributed by atoms with Crippen LogP contribution in [0.1, 0.15) is 23.2 Å². The fourth-order valence-corrected chi connectivity index (χ4v) is 1.99. The maximum atomic E-state index is 10.5. The van der Waals surface area contributed by atoms with E-state index in [2.05, 4.69) is 14.9 Å². The average Bonchev–Trinajstić information content (AvgIpc) is 2.89. The van der Waals surface area contributed by atoms with Crippen LogP contribution >= 0.6 is 0 Å². The zero-order chi connectivity index (χ0) is 12.1. The zero-order valence-corrected chi connectivity index (χ0v) is 10.2. The minimum atomic E-state index is 0.515. The van der Waals surface area contributed by atoms with E-state index in [4.69, 9.17) is 0 Å². The van der Waals surface area contributed by atoms with Gasteiger partial charge in [-0.2, -0.15) is 0 Å². The number of carbonyl (C=O) groups excluding carboxylic acids is 1. The highest BCUT2D eigenvalue weighted by Crippen LogP contribution is 2.08. The van der Waals surface area contributed by atoms with Crippen LogP contribution < -0.4 is 4.90 Å². The molecular formula is C12H18N4O. The van der Waals surface area contributed by atoms with E-state index >= 15 is 0 Å². The molecule has 1 aromatic rings. The van der Waals surface area contributed by atoms with E-state index < -0.39 is 0 Å². The van der Waals surface area contributed by atoms with Crippen LogP contribution in [0.15, 0.2) is 12.4 Å². The summed E-state index contributed by atoms with van der Waals surface area (Å²) in [5.74, 6) is 0.676. The molecule has 1 aliphatic heterocycles. The van der Waals surface area contributed by atoms with E-state index in [1.807, 2.05) is 11.9 Å². The summed E-state index contributed by atoms with van der Waals surface area (Å²) < 4.78 is 0. The summed E-state index contributed by atoms with van der Waals surface area (Å²) in [5, 5.41) is 0. The number of anilines is 1. The molecule has 2 heterocycles. The Hall–Kier alpha value is -1.49. The highest BCUT2D eigenvalue weighted by atomic mass is 16.1. The van der Waals surface area contributed by atoms with Crippen LogP contribution in [0, 0.1) is 0 Å². The van der Waals surface area contributed by atoms with Gasteiger partial charge in [0.15, 0.2) is 6.29 Å². The molecule has 0 radical (unpaired) electrons. The fraction of sp³-hybridized carbons (Fsp3) is 0.583. The van der Waals surface area contributed by atoms with Crippen LogP contribution in [0.4, 0.5) is 5.95 Å². The van der Waals surface area contributed by atoms with Crippen molar-refractivity contribution < 1.29 is 4.79 Å². The lowest BCUT2D eigenvalue weighted by molar-refractivity contribution is 0.112. The normalized spacial score (nSPS) is 16.1. The van der Waals surface area contributed by atoms with Crippen LogP contribution in [-0.4, -0.2) is 54.4 Å². The Balaban J connectivity index is 1.85. The molecule has 1 fully saturated rings. The first-order chi connectivity index (χ1) is 8.29. The first-order valence-electron chi connectivity index (χ1n) is 6.00. The van der Waals surface area contributed by atoms with Gasteiger partial charge in [-0.05, 0) is 25.9 Å². The Morgan fingerprint density at radius 2 is 2.00 bits per heavy atom. The third kappa shape index (κ3) is 3.23. The number of hydrogen-bond donors (Lipinski definition) is 0. The first-order valence-corrected chi connectivity index (χ1v) is 6.00. The predicted octanol–water partition coefficient (Wildman–Crippen LogP) is 0.821. The third-order valence-electron chi connectivity index (χ3n) is 3.09. The fourth-order valence-electron chi connectivity index (χ4n) is 1.99. The van der Waals surface area contributed by atoms with Crippen molar-refractivity contribution in [2.24, 2.45) is 0 Å². The molecule has 2 rings (SSSR count). The van der Waals surface area contributed by atoms with Gasteiger partial charge in [-0.3, -0.25) is 4.79 Å². The Labute approximate surface area is 101 Å². The second-order valence-electron chi connectivity index (χ2n) is 4.40. The lowest BCUT2D eigenvalue weighted by Crippen LogP contribution is -2.32. The molecule has 0 aliphatic carbocycles. The van der Waals surface area contributed by atoms with E-state index in [1.165, 1.54) is 25.9 Å². The van der Waals surface area contributed by atoms with Gasteiger partial charge >= 0.3 is 0 Å². The number of aromatic nitrogens is 2. The molecule has 17 heavy (non-hydrogen) atoms. The number of hydrogen-bond acceptors (Lipinski definition) is 5. The Morgan fingerprint density at radius 3 is 2.59 bits per heavy atom. The van der Waals surface area contributed by atoms with E-state index in [9.17, 15) is 4.79 Å². The Morgan fingerprint density at radius 1 is 1.35 bits per heavy atom. The van der Waals surface area contributed by atoms with Gasteiger partial charge in [0.25, 0.3) is 0 Å². The van der Waals surface area contributed by atoms with Crippen molar-refractivity contribution in [2.75, 3.05) is 38.1 Å². The van der Waals surface area contributed by atoms with Crippen molar-refractivity contribution in [3.63, 3.8) is 0 Å². The molecule has 92 valence electrons. The number of carbonyl (C=O) groups is 1. The average molecular weight is 234 g/mol. The monoisotopic (exact) mass is 234 g/mol. The number of rotatable bonds is 5. The molecule has 1 saturated heterocycles. The minimum Gasteiger partial charge on any atom is -0.343 e. The highest BCUT2D eigenvalue weighted by molar-refractivity contribution is 5.73. The van der Waals surface area contributed by atoms with Crippen LogP contribution in [0.2, 0.25) is 0 Å². The lowest BCUT2D eigenvalue weighted by atomic mass is 10.4. The predicted molar refractivity (Wildman–Crippen MR) is 66.4 cm³/mol. The molecule has 0 unspecified atom stereocenters. The van der Waals surface area contributed by atoms with Crippen LogP contribution in [-0.2, 0) is 0 Å². The second kappa shape index (κ2) is 5.72. The second-order valence-corrected chi connectivity index (χ2v) is 4.40. The molecule has 0 atom stereocenters. The summed E-state index contributed by atoms with van der Waals surface area (Å²) in [4.78, 5) is 23.3. The summed E-state index contributed by atoms with van der Waals surface area (Å²) in [6.07, 6.45) is 6.50. The quantitative estimate of drug-likeness (QED) is 0.706. The minimum absolute atomic E-state index is 0.515. The number of likely N-dealkylation sites (N-methyl/N-ethyl adjacent to an activating group) is 1. The van der Waals surface area contributed by atoms with E-state index in [1.54, 1.807) is 12.4 Å². The Kier molecular flexibility index (Phi) is 4.03. The summed E-state index contributed by atoms with van der Waals surface area (Å²) in [7, 11) is 1.98. The number of aldehydes is 1. The van der Waals surface area contributed by atoms with Crippen molar-refractivity contribution in [1.82, 2.24) is 14.9 Å². The van der Waals surface area contributed by atoms with E-state index in [0.29, 0.717) is 11.5 Å². The van der Waals surface area contributed by atoms with Crippen LogP contribution in [0.25, 0.3) is 0 Å². The maximum Gasteiger partial charge on any atom is 0.225 e. The summed E-state index contributed by atoms with van der Waals surface area (Å²) in [5.41, 5.74) is 0.515. The van der Waals surface area contributed by atoms with Crippen molar-refractivity contribution in [3.8, 4) is 0 Å². The molecule has 0 amide bonds. The van der Waals surface area contributed by atoms with Gasteiger partial charge in [-0.25, -0.2) is 9.97 Å². The summed E-state index contributed by atoms with van der Waals surface area (Å²) in [6, 6.07) is 0. The standard InChI is InChI=1S/C12H18N4O/c1-15(6-7-16-4-2-3-5-16)12-13-8-11(10-17)9-14-12/h8-10H,2-7H2,1H3. The van der Waals surface area contributed by atoms with Gasteiger partial charge in [0, 0.05) is 32.5 Å². The SMILES string of the molecule is CN(CCN1CCCC1)c1ncc(C=O)cn1. The molecule has 5 nitrogen and oxygen atoms in total. The molecule has 0 spiro atoms. The van der Waals surface area contributed by atoms with E-state index in [0.717, 1.165) is 19.4 Å². The first kappa shape index (κ1) is 12.0. The van der Waals surface area contributed by atoms with Gasteiger partial charge in [-0.1, -0.05) is 0 Å². The van der Waals surface area contributed by atoms with Crippen LogP contribution in [0.5, 0.6) is 0 Å². The summed E-state index contributed by atoms with van der Waals surface area (Å²) >= 11 is 0. The van der Waals surface area contributed by atoms with Gasteiger partial charge in [0.05, 0.1) is 5.56 Å².